The van der Waals surface area contributed by atoms with Gasteiger partial charge in [-0.1, -0.05) is 18.2 Å². The number of fused-ring (bicyclic) bond motifs is 3. The molecule has 0 aliphatic carbocycles. The Hall–Kier alpha value is -0.910. The van der Waals surface area contributed by atoms with E-state index in [0.29, 0.717) is 4.90 Å². The molecule has 2 bridgehead atoms. The van der Waals surface area contributed by atoms with Crippen molar-refractivity contribution < 1.29 is 13.2 Å². The lowest BCUT2D eigenvalue weighted by molar-refractivity contribution is 0.0811. The summed E-state index contributed by atoms with van der Waals surface area (Å²) in [6.45, 7) is 0. The van der Waals surface area contributed by atoms with Crippen LogP contribution in [0.3, 0.4) is 0 Å². The van der Waals surface area contributed by atoms with Gasteiger partial charge in [0.05, 0.1) is 28.4 Å². The molecule has 2 saturated heterocycles. The zero-order valence-corrected chi connectivity index (χ0v) is 11.4. The highest BCUT2D eigenvalue weighted by molar-refractivity contribution is 7.91. The van der Waals surface area contributed by atoms with Gasteiger partial charge in [0, 0.05) is 5.92 Å². The number of sulfone groups is 1. The van der Waals surface area contributed by atoms with E-state index < -0.39 is 15.4 Å². The summed E-state index contributed by atoms with van der Waals surface area (Å²) < 4.78 is 30.4. The predicted octanol–water partition coefficient (Wildman–Crippen LogP) is 1.21. The van der Waals surface area contributed by atoms with Gasteiger partial charge < -0.3 is 10.5 Å². The van der Waals surface area contributed by atoms with E-state index in [1.54, 1.807) is 12.1 Å². The molecule has 0 saturated carbocycles. The van der Waals surface area contributed by atoms with E-state index in [4.69, 9.17) is 10.5 Å². The van der Waals surface area contributed by atoms with E-state index in [1.807, 2.05) is 12.1 Å². The van der Waals surface area contributed by atoms with Crippen molar-refractivity contribution in [2.24, 2.45) is 5.73 Å². The molecule has 3 heterocycles. The fraction of sp³-hybridized carbons (Fsp3) is 0.571. The highest BCUT2D eigenvalue weighted by Crippen LogP contribution is 2.51. The summed E-state index contributed by atoms with van der Waals surface area (Å²) in [5, 5.41) is 0. The average molecular weight is 279 g/mol. The van der Waals surface area contributed by atoms with Gasteiger partial charge in [0.1, 0.15) is 0 Å². The van der Waals surface area contributed by atoms with Crippen LogP contribution < -0.4 is 5.73 Å². The van der Waals surface area contributed by atoms with Crippen LogP contribution in [-0.2, 0) is 14.6 Å². The van der Waals surface area contributed by atoms with E-state index in [9.17, 15) is 8.42 Å². The van der Waals surface area contributed by atoms with Gasteiger partial charge in [-0.25, -0.2) is 8.42 Å². The maximum absolute atomic E-state index is 12.3. The molecule has 0 amide bonds. The van der Waals surface area contributed by atoms with Crippen molar-refractivity contribution in [3.8, 4) is 0 Å². The van der Waals surface area contributed by atoms with Crippen molar-refractivity contribution in [3.05, 3.63) is 29.8 Å². The second kappa shape index (κ2) is 3.59. The molecular weight excluding hydrogens is 262 g/mol. The van der Waals surface area contributed by atoms with Gasteiger partial charge in [-0.2, -0.15) is 0 Å². The Kier molecular flexibility index (Phi) is 2.25. The standard InChI is InChI=1S/C14H17NO3S/c15-14(7-9-5-6-13(14)18-9)11-8-19(16,17)12-4-2-1-3-10(11)12/h1-4,9,11,13H,5-8,15H2. The fourth-order valence-corrected chi connectivity index (χ4v) is 6.00. The quantitative estimate of drug-likeness (QED) is 0.839. The Morgan fingerprint density at radius 1 is 1.26 bits per heavy atom. The summed E-state index contributed by atoms with van der Waals surface area (Å²) in [5.74, 6) is 0.0131. The van der Waals surface area contributed by atoms with Crippen LogP contribution >= 0.6 is 0 Å². The first-order chi connectivity index (χ1) is 9.01. The molecule has 102 valence electrons. The lowest BCUT2D eigenvalue weighted by Gasteiger charge is -2.36. The zero-order valence-electron chi connectivity index (χ0n) is 10.6. The molecule has 19 heavy (non-hydrogen) atoms. The highest BCUT2D eigenvalue weighted by Gasteiger charge is 2.57. The number of rotatable bonds is 1. The molecule has 0 aromatic heterocycles. The van der Waals surface area contributed by atoms with Crippen LogP contribution in [0.4, 0.5) is 0 Å². The molecule has 1 aromatic carbocycles. The first kappa shape index (κ1) is 11.9. The Morgan fingerprint density at radius 2 is 2.05 bits per heavy atom. The van der Waals surface area contributed by atoms with Gasteiger partial charge in [-0.15, -0.1) is 0 Å². The molecule has 4 atom stereocenters. The van der Waals surface area contributed by atoms with E-state index in [-0.39, 0.29) is 23.9 Å². The number of nitrogens with two attached hydrogens (primary N) is 1. The zero-order chi connectivity index (χ0) is 13.3. The van der Waals surface area contributed by atoms with Gasteiger partial charge in [0.15, 0.2) is 9.84 Å². The Balaban J connectivity index is 1.82. The summed E-state index contributed by atoms with van der Waals surface area (Å²) in [6.07, 6.45) is 3.05. The maximum atomic E-state index is 12.3. The number of hydrogen-bond acceptors (Lipinski definition) is 4. The monoisotopic (exact) mass is 279 g/mol. The van der Waals surface area contributed by atoms with E-state index in [0.717, 1.165) is 24.8 Å². The van der Waals surface area contributed by atoms with Gasteiger partial charge in [-0.05, 0) is 30.9 Å². The number of benzene rings is 1. The van der Waals surface area contributed by atoms with Crippen LogP contribution in [0, 0.1) is 0 Å². The summed E-state index contributed by atoms with van der Waals surface area (Å²) >= 11 is 0. The van der Waals surface area contributed by atoms with Crippen molar-refractivity contribution in [1.82, 2.24) is 0 Å². The van der Waals surface area contributed by atoms with Crippen LogP contribution in [0.1, 0.15) is 30.7 Å². The van der Waals surface area contributed by atoms with Crippen LogP contribution in [0.2, 0.25) is 0 Å². The molecule has 0 radical (unpaired) electrons. The summed E-state index contributed by atoms with van der Waals surface area (Å²) in [7, 11) is -3.18. The largest absolute Gasteiger partial charge is 0.373 e. The second-order valence-corrected chi connectivity index (χ2v) is 8.02. The normalized spacial score (nSPS) is 42.5. The summed E-state index contributed by atoms with van der Waals surface area (Å²) in [6, 6.07) is 7.27. The third kappa shape index (κ3) is 1.49. The van der Waals surface area contributed by atoms with Crippen LogP contribution in [-0.4, -0.2) is 31.9 Å². The van der Waals surface area contributed by atoms with Gasteiger partial charge in [0.2, 0.25) is 0 Å². The first-order valence-electron chi connectivity index (χ1n) is 6.77. The van der Waals surface area contributed by atoms with E-state index in [1.165, 1.54) is 0 Å². The molecule has 2 N–H and O–H groups in total. The molecule has 3 aliphatic rings. The summed E-state index contributed by atoms with van der Waals surface area (Å²) in [4.78, 5) is 0.465. The second-order valence-electron chi connectivity index (χ2n) is 6.01. The third-order valence-corrected chi connectivity index (χ3v) is 6.77. The Labute approximate surface area is 112 Å². The number of ether oxygens (including phenoxy) is 1. The number of hydrogen-bond donors (Lipinski definition) is 1. The average Bonchev–Trinajstić information content (AvgIpc) is 3.02. The Bertz CT molecular complexity index is 642. The summed E-state index contributed by atoms with van der Waals surface area (Å²) in [5.41, 5.74) is 6.97. The van der Waals surface area contributed by atoms with E-state index >= 15 is 0 Å². The minimum atomic E-state index is -3.18. The van der Waals surface area contributed by atoms with Crippen molar-refractivity contribution in [1.29, 1.82) is 0 Å². The lowest BCUT2D eigenvalue weighted by atomic mass is 9.71. The van der Waals surface area contributed by atoms with Crippen LogP contribution in [0.15, 0.2) is 29.2 Å². The predicted molar refractivity (Wildman–Crippen MR) is 70.7 cm³/mol. The molecule has 4 unspecified atom stereocenters. The first-order valence-corrected chi connectivity index (χ1v) is 8.42. The molecule has 4 nitrogen and oxygen atoms in total. The topological polar surface area (TPSA) is 69.4 Å². The molecule has 2 fully saturated rings. The smallest absolute Gasteiger partial charge is 0.179 e. The molecule has 5 heteroatoms. The maximum Gasteiger partial charge on any atom is 0.179 e. The van der Waals surface area contributed by atoms with Crippen molar-refractivity contribution >= 4 is 9.84 Å². The third-order valence-electron chi connectivity index (χ3n) is 4.95. The van der Waals surface area contributed by atoms with Gasteiger partial charge in [0.25, 0.3) is 0 Å². The molecule has 3 aliphatic heterocycles. The Morgan fingerprint density at radius 3 is 2.74 bits per heavy atom. The fourth-order valence-electron chi connectivity index (χ4n) is 4.04. The SMILES string of the molecule is NC1(C2CS(=O)(=O)c3ccccc32)CC2CCC1O2. The minimum Gasteiger partial charge on any atom is -0.373 e. The van der Waals surface area contributed by atoms with Crippen LogP contribution in [0.5, 0.6) is 0 Å². The van der Waals surface area contributed by atoms with Crippen molar-refractivity contribution in [3.63, 3.8) is 0 Å². The molecule has 1 aromatic rings. The lowest BCUT2D eigenvalue weighted by Crippen LogP contribution is -2.54. The van der Waals surface area contributed by atoms with Crippen molar-refractivity contribution in [2.45, 2.75) is 47.8 Å². The molecule has 0 spiro atoms. The van der Waals surface area contributed by atoms with Crippen molar-refractivity contribution in [2.75, 3.05) is 5.75 Å². The molecular formula is C14H17NO3S. The van der Waals surface area contributed by atoms with Gasteiger partial charge in [-0.3, -0.25) is 0 Å². The molecule has 4 rings (SSSR count). The van der Waals surface area contributed by atoms with Crippen LogP contribution in [0.25, 0.3) is 0 Å². The highest BCUT2D eigenvalue weighted by atomic mass is 32.2. The van der Waals surface area contributed by atoms with E-state index in [2.05, 4.69) is 0 Å². The van der Waals surface area contributed by atoms with Gasteiger partial charge >= 0.3 is 0 Å². The minimum absolute atomic E-state index is 0.0175.